The summed E-state index contributed by atoms with van der Waals surface area (Å²) in [5, 5.41) is 10.2. The SMILES string of the molecule is COC1CCCN(c2ccc(C(C)O)c(Cl)c2)C1. The average Bonchev–Trinajstić information content (AvgIpc) is 2.38. The third kappa shape index (κ3) is 2.97. The maximum absolute atomic E-state index is 9.57. The van der Waals surface area contributed by atoms with E-state index in [1.165, 1.54) is 0 Å². The summed E-state index contributed by atoms with van der Waals surface area (Å²) in [6.45, 7) is 3.66. The van der Waals surface area contributed by atoms with Crippen LogP contribution in [0.5, 0.6) is 0 Å². The van der Waals surface area contributed by atoms with Crippen LogP contribution in [0.1, 0.15) is 31.4 Å². The van der Waals surface area contributed by atoms with Crippen molar-refractivity contribution in [3.63, 3.8) is 0 Å². The number of halogens is 1. The predicted molar refractivity (Wildman–Crippen MR) is 74.3 cm³/mol. The quantitative estimate of drug-likeness (QED) is 0.916. The van der Waals surface area contributed by atoms with Gasteiger partial charge in [0, 0.05) is 30.9 Å². The van der Waals surface area contributed by atoms with Crippen LogP contribution in [-0.4, -0.2) is 31.4 Å². The maximum Gasteiger partial charge on any atom is 0.0776 e. The maximum atomic E-state index is 9.57. The van der Waals surface area contributed by atoms with Gasteiger partial charge in [0.15, 0.2) is 0 Å². The second kappa shape index (κ2) is 5.91. The summed E-state index contributed by atoms with van der Waals surface area (Å²) >= 11 is 6.20. The summed E-state index contributed by atoms with van der Waals surface area (Å²) in [6, 6.07) is 5.85. The Kier molecular flexibility index (Phi) is 4.49. The molecule has 1 N–H and O–H groups in total. The number of hydrogen-bond donors (Lipinski definition) is 1. The van der Waals surface area contributed by atoms with E-state index < -0.39 is 6.10 Å². The van der Waals surface area contributed by atoms with E-state index in [-0.39, 0.29) is 0 Å². The molecule has 1 aromatic carbocycles. The lowest BCUT2D eigenvalue weighted by Crippen LogP contribution is -2.39. The van der Waals surface area contributed by atoms with Crippen LogP contribution in [0.2, 0.25) is 5.02 Å². The highest BCUT2D eigenvalue weighted by molar-refractivity contribution is 6.31. The van der Waals surface area contributed by atoms with Crippen LogP contribution in [0.15, 0.2) is 18.2 Å². The van der Waals surface area contributed by atoms with Gasteiger partial charge < -0.3 is 14.7 Å². The van der Waals surface area contributed by atoms with Crippen molar-refractivity contribution in [2.24, 2.45) is 0 Å². The minimum atomic E-state index is -0.528. The number of hydrogen-bond acceptors (Lipinski definition) is 3. The molecule has 1 heterocycles. The summed E-state index contributed by atoms with van der Waals surface area (Å²) in [7, 11) is 1.76. The molecule has 0 aromatic heterocycles. The number of benzene rings is 1. The molecule has 2 atom stereocenters. The van der Waals surface area contributed by atoms with Crippen molar-refractivity contribution in [1.29, 1.82) is 0 Å². The molecule has 0 saturated carbocycles. The number of aliphatic hydroxyl groups is 1. The Hall–Kier alpha value is -0.770. The van der Waals surface area contributed by atoms with Crippen molar-refractivity contribution in [3.8, 4) is 0 Å². The van der Waals surface area contributed by atoms with Crippen molar-refractivity contribution >= 4 is 17.3 Å². The molecule has 1 fully saturated rings. The smallest absolute Gasteiger partial charge is 0.0776 e. The first-order valence-corrected chi connectivity index (χ1v) is 6.75. The van der Waals surface area contributed by atoms with Crippen LogP contribution in [0.3, 0.4) is 0 Å². The van der Waals surface area contributed by atoms with Crippen LogP contribution in [-0.2, 0) is 4.74 Å². The summed E-state index contributed by atoms with van der Waals surface area (Å²) in [5.41, 5.74) is 1.88. The number of ether oxygens (including phenoxy) is 1. The number of aliphatic hydroxyl groups excluding tert-OH is 1. The molecule has 1 aliphatic rings. The largest absolute Gasteiger partial charge is 0.389 e. The van der Waals surface area contributed by atoms with Gasteiger partial charge in [-0.2, -0.15) is 0 Å². The zero-order valence-corrected chi connectivity index (χ0v) is 11.7. The molecular weight excluding hydrogens is 250 g/mol. The van der Waals surface area contributed by atoms with Crippen LogP contribution >= 0.6 is 11.6 Å². The first-order chi connectivity index (χ1) is 8.61. The van der Waals surface area contributed by atoms with Gasteiger partial charge in [0.25, 0.3) is 0 Å². The number of anilines is 1. The third-order valence-corrected chi connectivity index (χ3v) is 3.84. The zero-order valence-electron chi connectivity index (χ0n) is 10.9. The van der Waals surface area contributed by atoms with Gasteiger partial charge in [-0.3, -0.25) is 0 Å². The number of nitrogens with zero attached hydrogens (tertiary/aromatic N) is 1. The van der Waals surface area contributed by atoms with Crippen molar-refractivity contribution < 1.29 is 9.84 Å². The van der Waals surface area contributed by atoms with E-state index >= 15 is 0 Å². The molecule has 1 aromatic rings. The monoisotopic (exact) mass is 269 g/mol. The Balaban J connectivity index is 2.16. The fraction of sp³-hybridized carbons (Fsp3) is 0.571. The van der Waals surface area contributed by atoms with E-state index in [0.717, 1.165) is 37.2 Å². The summed E-state index contributed by atoms with van der Waals surface area (Å²) in [4.78, 5) is 2.29. The van der Waals surface area contributed by atoms with E-state index in [2.05, 4.69) is 4.90 Å². The molecule has 0 bridgehead atoms. The molecule has 0 amide bonds. The standard InChI is InChI=1S/C14H20ClNO2/c1-10(17)13-6-5-11(8-14(13)15)16-7-3-4-12(9-16)18-2/h5-6,8,10,12,17H,3-4,7,9H2,1-2H3. The van der Waals surface area contributed by atoms with E-state index in [1.807, 2.05) is 18.2 Å². The number of rotatable bonds is 3. The Morgan fingerprint density at radius 1 is 1.50 bits per heavy atom. The third-order valence-electron chi connectivity index (χ3n) is 3.51. The van der Waals surface area contributed by atoms with Gasteiger partial charge in [-0.25, -0.2) is 0 Å². The van der Waals surface area contributed by atoms with E-state index in [4.69, 9.17) is 16.3 Å². The molecule has 0 radical (unpaired) electrons. The molecule has 100 valence electrons. The second-order valence-corrected chi connectivity index (χ2v) is 5.23. The van der Waals surface area contributed by atoms with Gasteiger partial charge in [-0.1, -0.05) is 17.7 Å². The summed E-state index contributed by atoms with van der Waals surface area (Å²) in [6.07, 6.45) is 2.02. The van der Waals surface area contributed by atoms with E-state index in [9.17, 15) is 5.11 Å². The van der Waals surface area contributed by atoms with Crippen LogP contribution < -0.4 is 4.90 Å². The molecular formula is C14H20ClNO2. The molecule has 1 aliphatic heterocycles. The topological polar surface area (TPSA) is 32.7 Å². The van der Waals surface area contributed by atoms with Gasteiger partial charge in [0.1, 0.15) is 0 Å². The highest BCUT2D eigenvalue weighted by Gasteiger charge is 2.20. The van der Waals surface area contributed by atoms with Crippen molar-refractivity contribution in [1.82, 2.24) is 0 Å². The van der Waals surface area contributed by atoms with Crippen molar-refractivity contribution in [3.05, 3.63) is 28.8 Å². The first kappa shape index (κ1) is 13.7. The highest BCUT2D eigenvalue weighted by atomic mass is 35.5. The van der Waals surface area contributed by atoms with Gasteiger partial charge >= 0.3 is 0 Å². The Bertz CT molecular complexity index is 409. The summed E-state index contributed by atoms with van der Waals surface area (Å²) in [5.74, 6) is 0. The van der Waals surface area contributed by atoms with Gasteiger partial charge in [0.05, 0.1) is 12.2 Å². The molecule has 18 heavy (non-hydrogen) atoms. The molecule has 3 nitrogen and oxygen atoms in total. The minimum absolute atomic E-state index is 0.300. The predicted octanol–water partition coefficient (Wildman–Crippen LogP) is 3.01. The molecule has 0 aliphatic carbocycles. The van der Waals surface area contributed by atoms with Crippen LogP contribution in [0.25, 0.3) is 0 Å². The Labute approximate surface area is 113 Å². The van der Waals surface area contributed by atoms with Crippen LogP contribution in [0, 0.1) is 0 Å². The number of methoxy groups -OCH3 is 1. The first-order valence-electron chi connectivity index (χ1n) is 6.37. The second-order valence-electron chi connectivity index (χ2n) is 4.83. The van der Waals surface area contributed by atoms with Gasteiger partial charge in [-0.15, -0.1) is 0 Å². The van der Waals surface area contributed by atoms with E-state index in [1.54, 1.807) is 14.0 Å². The number of piperidine rings is 1. The molecule has 1 saturated heterocycles. The molecule has 0 spiro atoms. The Morgan fingerprint density at radius 3 is 2.89 bits per heavy atom. The lowest BCUT2D eigenvalue weighted by molar-refractivity contribution is 0.0893. The normalized spacial score (nSPS) is 22.0. The minimum Gasteiger partial charge on any atom is -0.389 e. The van der Waals surface area contributed by atoms with Gasteiger partial charge in [-0.05, 0) is 37.5 Å². The van der Waals surface area contributed by atoms with E-state index in [0.29, 0.717) is 11.1 Å². The lowest BCUT2D eigenvalue weighted by atomic mass is 10.1. The van der Waals surface area contributed by atoms with Crippen LogP contribution in [0.4, 0.5) is 5.69 Å². The van der Waals surface area contributed by atoms with Gasteiger partial charge in [0.2, 0.25) is 0 Å². The molecule has 2 rings (SSSR count). The molecule has 4 heteroatoms. The zero-order chi connectivity index (χ0) is 13.1. The fourth-order valence-electron chi connectivity index (χ4n) is 2.42. The lowest BCUT2D eigenvalue weighted by Gasteiger charge is -2.34. The Morgan fingerprint density at radius 2 is 2.28 bits per heavy atom. The average molecular weight is 270 g/mol. The molecule has 2 unspecified atom stereocenters. The highest BCUT2D eigenvalue weighted by Crippen LogP contribution is 2.29. The van der Waals surface area contributed by atoms with Crippen molar-refractivity contribution in [2.75, 3.05) is 25.1 Å². The summed E-state index contributed by atoms with van der Waals surface area (Å²) < 4.78 is 5.42. The van der Waals surface area contributed by atoms with Crippen molar-refractivity contribution in [2.45, 2.75) is 32.0 Å². The fourth-order valence-corrected chi connectivity index (χ4v) is 2.75.